The maximum Gasteiger partial charge on any atom is 0.238 e. The van der Waals surface area contributed by atoms with Gasteiger partial charge in [-0.2, -0.15) is 5.26 Å². The number of aromatic nitrogens is 3. The topological polar surface area (TPSA) is 74.8 Å². The first kappa shape index (κ1) is 22.6. The summed E-state index contributed by atoms with van der Waals surface area (Å²) in [4.78, 5) is 14.5. The highest BCUT2D eigenvalue weighted by Crippen LogP contribution is 2.29. The molecule has 33 heavy (non-hydrogen) atoms. The van der Waals surface area contributed by atoms with Gasteiger partial charge in [-0.1, -0.05) is 59.3 Å². The van der Waals surface area contributed by atoms with Crippen molar-refractivity contribution < 1.29 is 4.79 Å². The number of anilines is 1. The van der Waals surface area contributed by atoms with Crippen LogP contribution in [0.4, 0.5) is 5.69 Å². The molecule has 1 amide bonds. The summed E-state index contributed by atoms with van der Waals surface area (Å²) in [5, 5.41) is 19.2. The summed E-state index contributed by atoms with van der Waals surface area (Å²) in [6.45, 7) is 2.00. The van der Waals surface area contributed by atoms with Gasteiger partial charge in [-0.25, -0.2) is 0 Å². The van der Waals surface area contributed by atoms with Gasteiger partial charge in [0.2, 0.25) is 5.91 Å². The molecule has 0 bridgehead atoms. The van der Waals surface area contributed by atoms with E-state index in [2.05, 4.69) is 16.3 Å². The van der Waals surface area contributed by atoms with E-state index in [-0.39, 0.29) is 18.2 Å². The number of amides is 1. The monoisotopic (exact) mass is 473 g/mol. The van der Waals surface area contributed by atoms with Gasteiger partial charge >= 0.3 is 0 Å². The molecule has 6 nitrogen and oxygen atoms in total. The Morgan fingerprint density at radius 2 is 1.73 bits per heavy atom. The number of para-hydroxylation sites is 1. The van der Waals surface area contributed by atoms with Crippen molar-refractivity contribution in [1.82, 2.24) is 14.8 Å². The second-order valence-corrected chi connectivity index (χ2v) is 8.63. The number of aryl methyl sites for hydroxylation is 1. The highest BCUT2D eigenvalue weighted by atomic mass is 35.5. The standard InChI is InChI=1S/C25H20ClN5OS/c1-18-7-13-22(14-8-18)31-24(19-9-11-20(26)12-10-19)28-29-25(31)33-17-23(32)30(16-15-27)21-5-3-2-4-6-21/h2-14H,16-17H2,1H3. The Balaban J connectivity index is 1.65. The molecule has 1 aromatic heterocycles. The van der Waals surface area contributed by atoms with E-state index in [0.717, 1.165) is 16.8 Å². The molecule has 0 saturated carbocycles. The van der Waals surface area contributed by atoms with Crippen molar-refractivity contribution >= 4 is 35.0 Å². The number of carbonyl (C=O) groups excluding carboxylic acids is 1. The van der Waals surface area contributed by atoms with E-state index in [1.54, 1.807) is 12.1 Å². The van der Waals surface area contributed by atoms with Crippen LogP contribution in [0.15, 0.2) is 84.0 Å². The Bertz CT molecular complexity index is 1280. The second-order valence-electron chi connectivity index (χ2n) is 7.25. The molecule has 164 valence electrons. The third-order valence-corrected chi connectivity index (χ3v) is 6.12. The molecule has 0 aliphatic carbocycles. The lowest BCUT2D eigenvalue weighted by molar-refractivity contribution is -0.116. The van der Waals surface area contributed by atoms with Crippen molar-refractivity contribution in [3.8, 4) is 23.1 Å². The molecule has 0 aliphatic heterocycles. The number of nitriles is 1. The van der Waals surface area contributed by atoms with E-state index < -0.39 is 0 Å². The van der Waals surface area contributed by atoms with Crippen LogP contribution in [0.2, 0.25) is 5.02 Å². The predicted molar refractivity (Wildman–Crippen MR) is 132 cm³/mol. The fourth-order valence-corrected chi connectivity index (χ4v) is 4.24. The van der Waals surface area contributed by atoms with Gasteiger partial charge in [0.15, 0.2) is 11.0 Å². The molecule has 1 heterocycles. The maximum absolute atomic E-state index is 13.0. The Hall–Kier alpha value is -3.60. The molecule has 0 saturated heterocycles. The van der Waals surface area contributed by atoms with Gasteiger partial charge in [0.05, 0.1) is 11.8 Å². The van der Waals surface area contributed by atoms with Crippen LogP contribution < -0.4 is 4.90 Å². The molecular formula is C25H20ClN5OS. The van der Waals surface area contributed by atoms with Gasteiger partial charge in [-0.15, -0.1) is 10.2 Å². The van der Waals surface area contributed by atoms with Crippen molar-refractivity contribution in [2.75, 3.05) is 17.2 Å². The highest BCUT2D eigenvalue weighted by Gasteiger charge is 2.20. The lowest BCUT2D eigenvalue weighted by Gasteiger charge is -2.19. The largest absolute Gasteiger partial charge is 0.298 e. The first-order chi connectivity index (χ1) is 16.1. The molecule has 8 heteroatoms. The van der Waals surface area contributed by atoms with Crippen LogP contribution in [0, 0.1) is 18.3 Å². The summed E-state index contributed by atoms with van der Waals surface area (Å²) in [6, 6.07) is 26.7. The third-order valence-electron chi connectivity index (χ3n) is 4.95. The summed E-state index contributed by atoms with van der Waals surface area (Å²) >= 11 is 7.34. The van der Waals surface area contributed by atoms with Crippen molar-refractivity contribution in [2.45, 2.75) is 12.1 Å². The second kappa shape index (κ2) is 10.3. The summed E-state index contributed by atoms with van der Waals surface area (Å²) in [5.41, 5.74) is 3.58. The quantitative estimate of drug-likeness (QED) is 0.260. The van der Waals surface area contributed by atoms with Gasteiger partial charge in [0.1, 0.15) is 6.54 Å². The molecule has 3 aromatic carbocycles. The highest BCUT2D eigenvalue weighted by molar-refractivity contribution is 7.99. The predicted octanol–water partition coefficient (Wildman–Crippen LogP) is 5.55. The van der Waals surface area contributed by atoms with Crippen LogP contribution in [-0.4, -0.2) is 33.0 Å². The lowest BCUT2D eigenvalue weighted by Crippen LogP contribution is -2.32. The van der Waals surface area contributed by atoms with Crippen molar-refractivity contribution in [3.63, 3.8) is 0 Å². The summed E-state index contributed by atoms with van der Waals surface area (Å²) in [5.74, 6) is 0.586. The number of nitrogens with zero attached hydrogens (tertiary/aromatic N) is 5. The Morgan fingerprint density at radius 1 is 1.03 bits per heavy atom. The number of halogens is 1. The molecule has 0 N–H and O–H groups in total. The SMILES string of the molecule is Cc1ccc(-n2c(SCC(=O)N(CC#N)c3ccccc3)nnc2-c2ccc(Cl)cc2)cc1. The molecule has 0 fully saturated rings. The molecule has 0 spiro atoms. The van der Waals surface area contributed by atoms with Gasteiger partial charge in [0, 0.05) is 22.0 Å². The van der Waals surface area contributed by atoms with E-state index in [1.807, 2.05) is 78.2 Å². The Labute approximate surface area is 201 Å². The van der Waals surface area contributed by atoms with E-state index in [1.165, 1.54) is 16.7 Å². The fraction of sp³-hybridized carbons (Fsp3) is 0.120. The van der Waals surface area contributed by atoms with E-state index in [9.17, 15) is 10.1 Å². The van der Waals surface area contributed by atoms with Crippen molar-refractivity contribution in [3.05, 3.63) is 89.4 Å². The van der Waals surface area contributed by atoms with Crippen LogP contribution in [0.1, 0.15) is 5.56 Å². The number of benzene rings is 3. The minimum absolute atomic E-state index is 0.0237. The number of hydrogen-bond acceptors (Lipinski definition) is 5. The first-order valence-electron chi connectivity index (χ1n) is 10.2. The molecular weight excluding hydrogens is 454 g/mol. The zero-order valence-electron chi connectivity index (χ0n) is 17.9. The van der Waals surface area contributed by atoms with Crippen molar-refractivity contribution in [2.24, 2.45) is 0 Å². The summed E-state index contributed by atoms with van der Waals surface area (Å²) in [6.07, 6.45) is 0. The minimum Gasteiger partial charge on any atom is -0.298 e. The average Bonchev–Trinajstić information content (AvgIpc) is 3.26. The van der Waals surface area contributed by atoms with E-state index in [4.69, 9.17) is 11.6 Å². The van der Waals surface area contributed by atoms with Gasteiger partial charge in [-0.3, -0.25) is 14.3 Å². The smallest absolute Gasteiger partial charge is 0.238 e. The Morgan fingerprint density at radius 3 is 2.39 bits per heavy atom. The molecule has 0 aliphatic rings. The van der Waals surface area contributed by atoms with Crippen LogP contribution in [0.25, 0.3) is 17.1 Å². The van der Waals surface area contributed by atoms with E-state index in [0.29, 0.717) is 21.7 Å². The van der Waals surface area contributed by atoms with Crippen LogP contribution in [0.5, 0.6) is 0 Å². The number of hydrogen-bond donors (Lipinski definition) is 0. The molecule has 0 radical (unpaired) electrons. The van der Waals surface area contributed by atoms with Crippen LogP contribution in [-0.2, 0) is 4.79 Å². The van der Waals surface area contributed by atoms with Crippen molar-refractivity contribution in [1.29, 1.82) is 5.26 Å². The molecule has 4 rings (SSSR count). The maximum atomic E-state index is 13.0. The average molecular weight is 474 g/mol. The molecule has 4 aromatic rings. The number of rotatable bonds is 7. The Kier molecular flexibility index (Phi) is 7.08. The van der Waals surface area contributed by atoms with Gasteiger partial charge in [-0.05, 0) is 55.5 Å². The zero-order chi connectivity index (χ0) is 23.2. The minimum atomic E-state index is -0.181. The number of carbonyl (C=O) groups is 1. The molecule has 0 atom stereocenters. The van der Waals surface area contributed by atoms with E-state index >= 15 is 0 Å². The summed E-state index contributed by atoms with van der Waals surface area (Å²) < 4.78 is 1.93. The molecule has 0 unspecified atom stereocenters. The fourth-order valence-electron chi connectivity index (χ4n) is 3.28. The first-order valence-corrected chi connectivity index (χ1v) is 11.6. The number of thioether (sulfide) groups is 1. The van der Waals surface area contributed by atoms with Gasteiger partial charge in [0.25, 0.3) is 0 Å². The third kappa shape index (κ3) is 5.25. The van der Waals surface area contributed by atoms with Crippen LogP contribution >= 0.6 is 23.4 Å². The van der Waals surface area contributed by atoms with Gasteiger partial charge < -0.3 is 0 Å². The normalized spacial score (nSPS) is 10.6. The zero-order valence-corrected chi connectivity index (χ0v) is 19.4. The summed E-state index contributed by atoms with van der Waals surface area (Å²) in [7, 11) is 0. The van der Waals surface area contributed by atoms with Crippen LogP contribution in [0.3, 0.4) is 0 Å². The lowest BCUT2D eigenvalue weighted by atomic mass is 10.2.